The van der Waals surface area contributed by atoms with Crippen molar-refractivity contribution in [1.82, 2.24) is 14.6 Å². The Morgan fingerprint density at radius 3 is 2.71 bits per heavy atom. The molecule has 0 aromatic heterocycles. The van der Waals surface area contributed by atoms with E-state index in [1.165, 1.54) is 11.1 Å². The average molecular weight is 739 g/mol. The quantitative estimate of drug-likeness (QED) is 0.266. The van der Waals surface area contributed by atoms with Gasteiger partial charge in [-0.2, -0.15) is 0 Å². The molecule has 5 N–H and O–H groups in total. The number of ether oxygens (including phenoxy) is 2. The lowest BCUT2D eigenvalue weighted by Gasteiger charge is -2.52. The van der Waals surface area contributed by atoms with Crippen LogP contribution >= 0.6 is 11.6 Å². The number of hydrogen-bond acceptors (Lipinski definition) is 9. The van der Waals surface area contributed by atoms with E-state index in [0.717, 1.165) is 67.5 Å². The minimum atomic E-state index is -1.57. The van der Waals surface area contributed by atoms with Crippen LogP contribution in [0.4, 0.5) is 5.69 Å². The van der Waals surface area contributed by atoms with E-state index < -0.39 is 16.6 Å². The molecular weight excluding hydrogens is 684 g/mol. The smallest absolute Gasteiger partial charge is 0.263 e. The van der Waals surface area contributed by atoms with E-state index in [-0.39, 0.29) is 28.9 Å². The van der Waals surface area contributed by atoms with Crippen LogP contribution in [0.2, 0.25) is 5.02 Å². The standard InChI is InChI=1S/C39H55ClN6O4S/c1-5-7-28-18-32(40)11-12-34(28)31-22-45-21-30-9-13-35(30)39(49-4,25-44-16-17-46(42)33(20-41)23-44)15-6-8-26(2)27(3)51(48)43-38(47)29-10-14-37(50-24-31)36(45)19-29/h6,10-12,14-15,18-20,26-27,30-31,35H,5,7-9,13,16-17,21-25,41-42H2,1-4H3,(H,43,47)/b15-6+,33-20-. The fourth-order valence-electron chi connectivity index (χ4n) is 8.30. The number of carbonyl (C=O) groups excluding carboxylic acids is 1. The molecule has 2 fully saturated rings. The van der Waals surface area contributed by atoms with Crippen LogP contribution in [0.1, 0.15) is 73.9 Å². The highest BCUT2D eigenvalue weighted by Gasteiger charge is 2.48. The normalized spacial score (nSPS) is 32.0. The van der Waals surface area contributed by atoms with Gasteiger partial charge in [0.25, 0.3) is 5.91 Å². The Morgan fingerprint density at radius 2 is 1.98 bits per heavy atom. The third-order valence-electron chi connectivity index (χ3n) is 11.7. The van der Waals surface area contributed by atoms with Gasteiger partial charge in [0.1, 0.15) is 22.3 Å². The van der Waals surface area contributed by atoms with Gasteiger partial charge in [-0.25, -0.2) is 10.1 Å². The maximum Gasteiger partial charge on any atom is 0.263 e. The molecular formula is C39H55ClN6O4S. The van der Waals surface area contributed by atoms with Gasteiger partial charge in [-0.15, -0.1) is 0 Å². The van der Waals surface area contributed by atoms with E-state index in [9.17, 15) is 9.00 Å². The first-order valence-electron chi connectivity index (χ1n) is 18.5. The Kier molecular flexibility index (Phi) is 12.0. The molecule has 3 aliphatic heterocycles. The molecule has 6 rings (SSSR count). The number of rotatable bonds is 6. The van der Waals surface area contributed by atoms with Crippen LogP contribution in [-0.2, 0) is 22.1 Å². The number of nitrogens with one attached hydrogen (secondary N) is 1. The number of anilines is 1. The van der Waals surface area contributed by atoms with E-state index in [1.807, 2.05) is 32.2 Å². The highest BCUT2D eigenvalue weighted by molar-refractivity contribution is 7.84. The van der Waals surface area contributed by atoms with Gasteiger partial charge in [-0.3, -0.25) is 14.4 Å². The Morgan fingerprint density at radius 1 is 1.16 bits per heavy atom. The van der Waals surface area contributed by atoms with Gasteiger partial charge < -0.3 is 25.1 Å². The van der Waals surface area contributed by atoms with E-state index in [2.05, 4.69) is 52.7 Å². The zero-order valence-electron chi connectivity index (χ0n) is 30.5. The van der Waals surface area contributed by atoms with Crippen molar-refractivity contribution >= 4 is 34.2 Å². The second-order valence-electron chi connectivity index (χ2n) is 14.9. The van der Waals surface area contributed by atoms with Crippen LogP contribution in [0.15, 0.2) is 60.4 Å². The maximum atomic E-state index is 13.6. The molecule has 1 amide bonds. The Hall–Kier alpha value is -3.09. The highest BCUT2D eigenvalue weighted by Crippen LogP contribution is 2.47. The van der Waals surface area contributed by atoms with Gasteiger partial charge in [-0.1, -0.05) is 50.1 Å². The fourth-order valence-corrected chi connectivity index (χ4v) is 9.51. The summed E-state index contributed by atoms with van der Waals surface area (Å²) in [6.45, 7) is 11.1. The van der Waals surface area contributed by atoms with E-state index in [1.54, 1.807) is 17.3 Å². The Bertz CT molecular complexity index is 1660. The first-order chi connectivity index (χ1) is 24.5. The predicted octanol–water partition coefficient (Wildman–Crippen LogP) is 5.36. The molecule has 4 aliphatic rings. The zero-order valence-corrected chi connectivity index (χ0v) is 32.1. The van der Waals surface area contributed by atoms with Crippen LogP contribution in [0, 0.1) is 17.8 Å². The average Bonchev–Trinajstić information content (AvgIpc) is 3.29. The first kappa shape index (κ1) is 37.7. The van der Waals surface area contributed by atoms with Gasteiger partial charge in [0.05, 0.1) is 23.2 Å². The molecule has 2 aromatic carbocycles. The van der Waals surface area contributed by atoms with E-state index >= 15 is 0 Å². The van der Waals surface area contributed by atoms with Crippen molar-refractivity contribution in [2.45, 2.75) is 69.6 Å². The second kappa shape index (κ2) is 16.3. The van der Waals surface area contributed by atoms with Crippen molar-refractivity contribution in [3.05, 3.63) is 82.2 Å². The topological polar surface area (TPSA) is 126 Å². The number of allylic oxidation sites excluding steroid dienone is 1. The lowest BCUT2D eigenvalue weighted by Crippen LogP contribution is -2.59. The SMILES string of the molecule is CCCc1cc(Cl)ccc1C1COc2ccc3cc2N(C1)CC1CCC1C(CN1CCN(N)/C(=C\N)C1)(OC)/C=C/CC(C)C(C)S(=O)NC3=O. The zero-order chi connectivity index (χ0) is 36.3. The van der Waals surface area contributed by atoms with Crippen molar-refractivity contribution in [2.75, 3.05) is 57.9 Å². The fraction of sp³-hybridized carbons (Fsp3) is 0.564. The number of benzene rings is 2. The molecule has 0 radical (unpaired) electrons. The Balaban J connectivity index is 1.40. The number of piperazine rings is 1. The lowest BCUT2D eigenvalue weighted by molar-refractivity contribution is -0.0933. The summed E-state index contributed by atoms with van der Waals surface area (Å²) in [4.78, 5) is 18.4. The molecule has 7 unspecified atom stereocenters. The summed E-state index contributed by atoms with van der Waals surface area (Å²) in [6, 6.07) is 11.8. The van der Waals surface area contributed by atoms with Gasteiger partial charge >= 0.3 is 0 Å². The number of fused-ring (bicyclic) bond motifs is 2. The van der Waals surface area contributed by atoms with Gasteiger partial charge in [-0.05, 0) is 91.8 Å². The third kappa shape index (κ3) is 8.13. The summed E-state index contributed by atoms with van der Waals surface area (Å²) in [5, 5.41) is 2.22. The molecule has 3 heterocycles. The summed E-state index contributed by atoms with van der Waals surface area (Å²) in [7, 11) is 0.264. The van der Waals surface area contributed by atoms with Crippen LogP contribution in [0.25, 0.3) is 0 Å². The number of hydrogen-bond donors (Lipinski definition) is 3. The van der Waals surface area contributed by atoms with Gasteiger partial charge in [0.15, 0.2) is 0 Å². The van der Waals surface area contributed by atoms with Crippen molar-refractivity contribution in [1.29, 1.82) is 0 Å². The molecule has 1 saturated carbocycles. The first-order valence-corrected chi connectivity index (χ1v) is 20.0. The molecule has 1 saturated heterocycles. The van der Waals surface area contributed by atoms with Crippen LogP contribution in [0.3, 0.4) is 0 Å². The van der Waals surface area contributed by atoms with Gasteiger partial charge in [0.2, 0.25) is 0 Å². The minimum absolute atomic E-state index is 0.0629. The molecule has 2 bridgehead atoms. The third-order valence-corrected chi connectivity index (χ3v) is 13.5. The molecule has 2 aromatic rings. The van der Waals surface area contributed by atoms with Crippen LogP contribution < -0.4 is 25.9 Å². The number of hydrazine groups is 1. The number of carbonyl (C=O) groups is 1. The number of aryl methyl sites for hydroxylation is 1. The van der Waals surface area contributed by atoms with Crippen molar-refractivity contribution in [3.8, 4) is 5.75 Å². The summed E-state index contributed by atoms with van der Waals surface area (Å²) in [6.07, 6.45) is 10.8. The van der Waals surface area contributed by atoms with Crippen molar-refractivity contribution < 1.29 is 18.5 Å². The maximum absolute atomic E-state index is 13.6. The van der Waals surface area contributed by atoms with Gasteiger partial charge in [0, 0.05) is 69.1 Å². The summed E-state index contributed by atoms with van der Waals surface area (Å²) < 4.78 is 29.5. The number of amides is 1. The molecule has 7 atom stereocenters. The molecule has 10 nitrogen and oxygen atoms in total. The van der Waals surface area contributed by atoms with Crippen molar-refractivity contribution in [2.24, 2.45) is 29.3 Å². The number of nitrogens with zero attached hydrogens (tertiary/aromatic N) is 3. The lowest BCUT2D eigenvalue weighted by atomic mass is 9.63. The molecule has 278 valence electrons. The number of nitrogens with two attached hydrogens (primary N) is 2. The molecule has 1 aliphatic carbocycles. The Labute approximate surface area is 311 Å². The largest absolute Gasteiger partial charge is 0.491 e. The molecule has 12 heteroatoms. The summed E-state index contributed by atoms with van der Waals surface area (Å²) in [5.74, 6) is 7.38. The van der Waals surface area contributed by atoms with Crippen molar-refractivity contribution in [3.63, 3.8) is 0 Å². The number of halogens is 1. The van der Waals surface area contributed by atoms with E-state index in [0.29, 0.717) is 44.1 Å². The van der Waals surface area contributed by atoms with E-state index in [4.69, 9.17) is 32.7 Å². The highest BCUT2D eigenvalue weighted by atomic mass is 35.5. The number of methoxy groups -OCH3 is 1. The summed E-state index contributed by atoms with van der Waals surface area (Å²) >= 11 is 6.49. The van der Waals surface area contributed by atoms with Crippen LogP contribution in [-0.4, -0.2) is 83.9 Å². The summed E-state index contributed by atoms with van der Waals surface area (Å²) in [5.41, 5.74) is 10.2. The second-order valence-corrected chi connectivity index (χ2v) is 16.9. The monoisotopic (exact) mass is 738 g/mol. The minimum Gasteiger partial charge on any atom is -0.491 e. The van der Waals surface area contributed by atoms with Crippen LogP contribution in [0.5, 0.6) is 5.75 Å². The predicted molar refractivity (Wildman–Crippen MR) is 206 cm³/mol. The molecule has 0 spiro atoms. The molecule has 51 heavy (non-hydrogen) atoms.